The normalized spacial score (nSPS) is 14.8. The lowest BCUT2D eigenvalue weighted by atomic mass is 9.97. The molecule has 0 bridgehead atoms. The van der Waals surface area contributed by atoms with Gasteiger partial charge in [-0.2, -0.15) is 0 Å². The second kappa shape index (κ2) is 17.5. The molecular formula is C18H36IN3O2. The Morgan fingerprint density at radius 1 is 1.17 bits per heavy atom. The van der Waals surface area contributed by atoms with Gasteiger partial charge in [-0.3, -0.25) is 4.99 Å². The Bertz CT molecular complexity index is 349. The number of methoxy groups -OCH3 is 1. The lowest BCUT2D eigenvalue weighted by molar-refractivity contribution is 0.0690. The lowest BCUT2D eigenvalue weighted by Crippen LogP contribution is -2.38. The molecule has 0 amide bonds. The maximum Gasteiger partial charge on any atom is 0.191 e. The number of hydrogen-bond donors (Lipinski definition) is 2. The number of allylic oxidation sites excluding steroid dienone is 1. The van der Waals surface area contributed by atoms with Crippen LogP contribution >= 0.6 is 24.0 Å². The van der Waals surface area contributed by atoms with Crippen LogP contribution < -0.4 is 10.6 Å². The molecule has 0 aliphatic heterocycles. The molecule has 1 aliphatic carbocycles. The number of guanidine groups is 1. The molecule has 0 radical (unpaired) electrons. The predicted octanol–water partition coefficient (Wildman–Crippen LogP) is 3.49. The Labute approximate surface area is 165 Å². The first-order chi connectivity index (χ1) is 11.4. The fourth-order valence-electron chi connectivity index (χ4n) is 2.57. The molecule has 0 aromatic rings. The Morgan fingerprint density at radius 3 is 2.75 bits per heavy atom. The highest BCUT2D eigenvalue weighted by atomic mass is 127. The summed E-state index contributed by atoms with van der Waals surface area (Å²) in [5.74, 6) is 0.934. The van der Waals surface area contributed by atoms with Gasteiger partial charge in [-0.05, 0) is 51.9 Å². The zero-order valence-electron chi connectivity index (χ0n) is 15.4. The van der Waals surface area contributed by atoms with Crippen molar-refractivity contribution in [1.82, 2.24) is 10.6 Å². The van der Waals surface area contributed by atoms with E-state index in [1.54, 1.807) is 12.7 Å². The highest BCUT2D eigenvalue weighted by Gasteiger charge is 2.04. The molecule has 0 aromatic carbocycles. The minimum Gasteiger partial charge on any atom is -0.382 e. The molecule has 24 heavy (non-hydrogen) atoms. The Kier molecular flexibility index (Phi) is 17.2. The first-order valence-corrected chi connectivity index (χ1v) is 9.13. The summed E-state index contributed by atoms with van der Waals surface area (Å²) >= 11 is 0. The second-order valence-electron chi connectivity index (χ2n) is 5.86. The largest absolute Gasteiger partial charge is 0.382 e. The van der Waals surface area contributed by atoms with Gasteiger partial charge in [0.15, 0.2) is 5.96 Å². The average Bonchev–Trinajstić information content (AvgIpc) is 2.58. The molecule has 142 valence electrons. The van der Waals surface area contributed by atoms with Crippen LogP contribution in [0.1, 0.15) is 51.9 Å². The second-order valence-corrected chi connectivity index (χ2v) is 5.86. The van der Waals surface area contributed by atoms with Gasteiger partial charge < -0.3 is 20.1 Å². The van der Waals surface area contributed by atoms with E-state index in [1.807, 2.05) is 0 Å². The van der Waals surface area contributed by atoms with E-state index in [0.717, 1.165) is 51.5 Å². The molecule has 0 atom stereocenters. The van der Waals surface area contributed by atoms with Gasteiger partial charge in [0.2, 0.25) is 0 Å². The molecule has 5 nitrogen and oxygen atoms in total. The molecule has 0 aromatic heterocycles. The van der Waals surface area contributed by atoms with Crippen molar-refractivity contribution in [1.29, 1.82) is 0 Å². The summed E-state index contributed by atoms with van der Waals surface area (Å²) in [4.78, 5) is 4.62. The van der Waals surface area contributed by atoms with Gasteiger partial charge in [-0.15, -0.1) is 24.0 Å². The van der Waals surface area contributed by atoms with Crippen molar-refractivity contribution in [3.05, 3.63) is 11.6 Å². The molecule has 2 N–H and O–H groups in total. The van der Waals surface area contributed by atoms with E-state index in [0.29, 0.717) is 13.2 Å². The zero-order valence-corrected chi connectivity index (χ0v) is 17.8. The van der Waals surface area contributed by atoms with E-state index in [1.165, 1.54) is 25.7 Å². The standard InChI is InChI=1S/C18H35N3O2.HI/c1-3-19-18(20-12-7-8-14-23-16-15-22-2)21-13-11-17-9-5-4-6-10-17;/h9H,3-8,10-16H2,1-2H3,(H2,19,20,21);1H. The summed E-state index contributed by atoms with van der Waals surface area (Å²) < 4.78 is 10.4. The summed E-state index contributed by atoms with van der Waals surface area (Å²) in [6.07, 6.45) is 10.9. The number of ether oxygens (including phenoxy) is 2. The van der Waals surface area contributed by atoms with Gasteiger partial charge in [0, 0.05) is 33.4 Å². The zero-order chi connectivity index (χ0) is 16.6. The summed E-state index contributed by atoms with van der Waals surface area (Å²) in [6.45, 7) is 6.95. The molecule has 0 unspecified atom stereocenters. The molecule has 6 heteroatoms. The SMILES string of the molecule is CCNC(=NCCCCOCCOC)NCCC1=CCCCC1.I. The van der Waals surface area contributed by atoms with Crippen molar-refractivity contribution in [3.8, 4) is 0 Å². The quantitative estimate of drug-likeness (QED) is 0.156. The van der Waals surface area contributed by atoms with Crippen molar-refractivity contribution in [3.63, 3.8) is 0 Å². The summed E-state index contributed by atoms with van der Waals surface area (Å²) in [7, 11) is 1.69. The fourth-order valence-corrected chi connectivity index (χ4v) is 2.57. The van der Waals surface area contributed by atoms with Crippen molar-refractivity contribution >= 4 is 29.9 Å². The smallest absolute Gasteiger partial charge is 0.191 e. The maximum atomic E-state index is 5.45. The van der Waals surface area contributed by atoms with Crippen LogP contribution in [0.25, 0.3) is 0 Å². The summed E-state index contributed by atoms with van der Waals surface area (Å²) in [6, 6.07) is 0. The van der Waals surface area contributed by atoms with Crippen molar-refractivity contribution in [2.45, 2.75) is 51.9 Å². The van der Waals surface area contributed by atoms with Crippen LogP contribution in [0, 0.1) is 0 Å². The predicted molar refractivity (Wildman–Crippen MR) is 112 cm³/mol. The van der Waals surface area contributed by atoms with E-state index < -0.39 is 0 Å². The van der Waals surface area contributed by atoms with Crippen LogP contribution in [-0.4, -0.2) is 52.5 Å². The molecule has 0 saturated carbocycles. The summed E-state index contributed by atoms with van der Waals surface area (Å²) in [5, 5.41) is 6.75. The monoisotopic (exact) mass is 453 g/mol. The van der Waals surface area contributed by atoms with Crippen LogP contribution in [0.15, 0.2) is 16.6 Å². The minimum atomic E-state index is 0. The first-order valence-electron chi connectivity index (χ1n) is 9.13. The Morgan fingerprint density at radius 2 is 2.04 bits per heavy atom. The minimum absolute atomic E-state index is 0. The van der Waals surface area contributed by atoms with Gasteiger partial charge in [0.1, 0.15) is 0 Å². The molecule has 0 heterocycles. The number of rotatable bonds is 12. The number of nitrogens with zero attached hydrogens (tertiary/aromatic N) is 1. The molecule has 1 aliphatic rings. The third-order valence-electron chi connectivity index (χ3n) is 3.87. The van der Waals surface area contributed by atoms with Crippen LogP contribution in [-0.2, 0) is 9.47 Å². The Hall–Kier alpha value is -0.340. The number of aliphatic imine (C=N–C) groups is 1. The van der Waals surface area contributed by atoms with E-state index in [-0.39, 0.29) is 24.0 Å². The van der Waals surface area contributed by atoms with E-state index in [4.69, 9.17) is 9.47 Å². The molecule has 0 spiro atoms. The third-order valence-corrected chi connectivity index (χ3v) is 3.87. The Balaban J connectivity index is 0.00000529. The number of hydrogen-bond acceptors (Lipinski definition) is 3. The topological polar surface area (TPSA) is 54.9 Å². The van der Waals surface area contributed by atoms with Gasteiger partial charge in [-0.1, -0.05) is 11.6 Å². The van der Waals surface area contributed by atoms with Crippen molar-refractivity contribution in [2.24, 2.45) is 4.99 Å². The van der Waals surface area contributed by atoms with E-state index >= 15 is 0 Å². The average molecular weight is 453 g/mol. The van der Waals surface area contributed by atoms with E-state index in [2.05, 4.69) is 28.6 Å². The van der Waals surface area contributed by atoms with Crippen molar-refractivity contribution in [2.75, 3.05) is 46.6 Å². The van der Waals surface area contributed by atoms with Crippen LogP contribution in [0.5, 0.6) is 0 Å². The van der Waals surface area contributed by atoms with Gasteiger partial charge >= 0.3 is 0 Å². The van der Waals surface area contributed by atoms with Gasteiger partial charge in [-0.25, -0.2) is 0 Å². The molecular weight excluding hydrogens is 417 g/mol. The first kappa shape index (κ1) is 23.7. The number of halogens is 1. The fraction of sp³-hybridized carbons (Fsp3) is 0.833. The van der Waals surface area contributed by atoms with E-state index in [9.17, 15) is 0 Å². The number of nitrogens with one attached hydrogen (secondary N) is 2. The van der Waals surface area contributed by atoms with Gasteiger partial charge in [0.25, 0.3) is 0 Å². The maximum absolute atomic E-state index is 5.45. The summed E-state index contributed by atoms with van der Waals surface area (Å²) in [5.41, 5.74) is 1.60. The molecule has 0 saturated heterocycles. The highest BCUT2D eigenvalue weighted by Crippen LogP contribution is 2.19. The highest BCUT2D eigenvalue weighted by molar-refractivity contribution is 14.0. The van der Waals surface area contributed by atoms with Crippen LogP contribution in [0.4, 0.5) is 0 Å². The molecule has 1 rings (SSSR count). The number of unbranched alkanes of at least 4 members (excludes halogenated alkanes) is 1. The van der Waals surface area contributed by atoms with Gasteiger partial charge in [0.05, 0.1) is 13.2 Å². The van der Waals surface area contributed by atoms with Crippen molar-refractivity contribution < 1.29 is 9.47 Å². The van der Waals surface area contributed by atoms with Crippen LogP contribution in [0.2, 0.25) is 0 Å². The van der Waals surface area contributed by atoms with Crippen LogP contribution in [0.3, 0.4) is 0 Å². The lowest BCUT2D eigenvalue weighted by Gasteiger charge is -2.15. The third kappa shape index (κ3) is 13.0. The molecule has 0 fully saturated rings.